The Morgan fingerprint density at radius 1 is 1.33 bits per heavy atom. The lowest BCUT2D eigenvalue weighted by atomic mass is 10.1. The predicted octanol–water partition coefficient (Wildman–Crippen LogP) is 0.838. The molecule has 2 aromatic rings. The highest BCUT2D eigenvalue weighted by Gasteiger charge is 2.31. The monoisotopic (exact) mass is 348 g/mol. The fourth-order valence-corrected chi connectivity index (χ4v) is 4.04. The topological polar surface area (TPSA) is 98.3 Å². The van der Waals surface area contributed by atoms with Gasteiger partial charge in [0.25, 0.3) is 5.91 Å². The molecule has 0 saturated carbocycles. The highest BCUT2D eigenvalue weighted by atomic mass is 32.2. The number of hydrogen-bond donors (Lipinski definition) is 1. The van der Waals surface area contributed by atoms with Gasteiger partial charge in [-0.1, -0.05) is 30.3 Å². The summed E-state index contributed by atoms with van der Waals surface area (Å²) in [5, 5.41) is 9.51. The summed E-state index contributed by atoms with van der Waals surface area (Å²) in [6.07, 6.45) is 2.35. The lowest BCUT2D eigenvalue weighted by molar-refractivity contribution is 0.0789. The van der Waals surface area contributed by atoms with E-state index in [9.17, 15) is 13.2 Å². The molecule has 0 aliphatic carbocycles. The molecule has 1 amide bonds. The minimum atomic E-state index is -3.52. The minimum absolute atomic E-state index is 0.0879. The Kier molecular flexibility index (Phi) is 4.42. The van der Waals surface area contributed by atoms with Gasteiger partial charge < -0.3 is 4.90 Å². The molecule has 128 valence electrons. The van der Waals surface area contributed by atoms with E-state index in [0.29, 0.717) is 30.8 Å². The second-order valence-electron chi connectivity index (χ2n) is 6.17. The van der Waals surface area contributed by atoms with Crippen molar-refractivity contribution < 1.29 is 13.2 Å². The molecule has 1 unspecified atom stereocenters. The molecule has 1 saturated heterocycles. The van der Waals surface area contributed by atoms with Crippen molar-refractivity contribution in [3.8, 4) is 11.3 Å². The molecule has 1 aromatic carbocycles. The Morgan fingerprint density at radius 3 is 2.71 bits per heavy atom. The summed E-state index contributed by atoms with van der Waals surface area (Å²) in [7, 11) is -1.75. The van der Waals surface area contributed by atoms with E-state index in [2.05, 4.69) is 5.10 Å². The molecule has 7 nitrogen and oxygen atoms in total. The van der Waals surface area contributed by atoms with E-state index >= 15 is 0 Å². The zero-order valence-electron chi connectivity index (χ0n) is 13.4. The molecule has 24 heavy (non-hydrogen) atoms. The number of carbonyl (C=O) groups excluding carboxylic acids is 1. The van der Waals surface area contributed by atoms with Gasteiger partial charge in [-0.05, 0) is 12.3 Å². The van der Waals surface area contributed by atoms with Crippen LogP contribution in [0.1, 0.15) is 16.8 Å². The summed E-state index contributed by atoms with van der Waals surface area (Å²) in [5.74, 6) is -0.324. The molecule has 1 atom stereocenters. The van der Waals surface area contributed by atoms with Crippen molar-refractivity contribution in [2.24, 2.45) is 18.1 Å². The Bertz CT molecular complexity index is 845. The van der Waals surface area contributed by atoms with Gasteiger partial charge >= 0.3 is 0 Å². The van der Waals surface area contributed by atoms with Crippen molar-refractivity contribution >= 4 is 15.9 Å². The van der Waals surface area contributed by atoms with E-state index in [1.165, 1.54) is 0 Å². The number of hydrogen-bond acceptors (Lipinski definition) is 4. The molecule has 0 bridgehead atoms. The number of rotatable bonds is 4. The van der Waals surface area contributed by atoms with E-state index in [1.807, 2.05) is 30.3 Å². The van der Waals surface area contributed by atoms with Crippen molar-refractivity contribution in [1.29, 1.82) is 0 Å². The number of aryl methyl sites for hydroxylation is 1. The predicted molar refractivity (Wildman–Crippen MR) is 90.6 cm³/mol. The molecule has 2 N–H and O–H groups in total. The van der Waals surface area contributed by atoms with Crippen LogP contribution in [0.15, 0.2) is 36.5 Å². The van der Waals surface area contributed by atoms with Gasteiger partial charge in [-0.2, -0.15) is 5.10 Å². The maximum absolute atomic E-state index is 12.9. The van der Waals surface area contributed by atoms with Crippen LogP contribution in [0.4, 0.5) is 0 Å². The highest BCUT2D eigenvalue weighted by molar-refractivity contribution is 7.89. The van der Waals surface area contributed by atoms with Crippen molar-refractivity contribution in [2.45, 2.75) is 6.42 Å². The average Bonchev–Trinajstić information content (AvgIpc) is 3.12. The van der Waals surface area contributed by atoms with Crippen molar-refractivity contribution in [1.82, 2.24) is 14.7 Å². The Labute approximate surface area is 141 Å². The van der Waals surface area contributed by atoms with Crippen molar-refractivity contribution in [3.05, 3.63) is 42.1 Å². The molecule has 0 spiro atoms. The van der Waals surface area contributed by atoms with Crippen LogP contribution >= 0.6 is 0 Å². The zero-order chi connectivity index (χ0) is 17.3. The average molecular weight is 348 g/mol. The van der Waals surface area contributed by atoms with Crippen molar-refractivity contribution in [3.63, 3.8) is 0 Å². The van der Waals surface area contributed by atoms with Gasteiger partial charge in [0.2, 0.25) is 10.0 Å². The van der Waals surface area contributed by atoms with E-state index in [1.54, 1.807) is 22.8 Å². The summed E-state index contributed by atoms with van der Waals surface area (Å²) in [6, 6.07) is 9.53. The molecular weight excluding hydrogens is 328 g/mol. The quantitative estimate of drug-likeness (QED) is 0.885. The molecule has 1 aliphatic heterocycles. The standard InChI is InChI=1S/C16H20N4O3S/c1-19-10-14(15(18-19)13-5-3-2-4-6-13)16(21)20-8-7-12(9-20)11-24(17,22)23/h2-6,10,12H,7-9,11H2,1H3,(H2,17,22,23). The van der Waals surface area contributed by atoms with Gasteiger partial charge in [0.15, 0.2) is 0 Å². The van der Waals surface area contributed by atoms with Crippen LogP contribution in [0.2, 0.25) is 0 Å². The zero-order valence-corrected chi connectivity index (χ0v) is 14.2. The first-order valence-corrected chi connectivity index (χ1v) is 9.44. The van der Waals surface area contributed by atoms with Crippen LogP contribution < -0.4 is 5.14 Å². The summed E-state index contributed by atoms with van der Waals surface area (Å²) in [4.78, 5) is 14.5. The van der Waals surface area contributed by atoms with Gasteiger partial charge in [0.05, 0.1) is 11.3 Å². The van der Waals surface area contributed by atoms with Gasteiger partial charge in [-0.25, -0.2) is 13.6 Å². The molecular formula is C16H20N4O3S. The number of benzene rings is 1. The minimum Gasteiger partial charge on any atom is -0.338 e. The third-order valence-corrected chi connectivity index (χ3v) is 5.08. The smallest absolute Gasteiger partial charge is 0.257 e. The fourth-order valence-electron chi connectivity index (χ4n) is 3.11. The molecule has 1 fully saturated rings. The third-order valence-electron chi connectivity index (χ3n) is 4.15. The maximum Gasteiger partial charge on any atom is 0.257 e. The molecule has 1 aromatic heterocycles. The molecule has 8 heteroatoms. The Hall–Kier alpha value is -2.19. The van der Waals surface area contributed by atoms with Crippen LogP contribution in [-0.2, 0) is 17.1 Å². The summed E-state index contributed by atoms with van der Waals surface area (Å²) >= 11 is 0. The number of carbonyl (C=O) groups is 1. The number of sulfonamides is 1. The van der Waals surface area contributed by atoms with E-state index in [-0.39, 0.29) is 17.6 Å². The number of amides is 1. The lowest BCUT2D eigenvalue weighted by Gasteiger charge is -2.16. The first-order valence-electron chi connectivity index (χ1n) is 7.72. The van der Waals surface area contributed by atoms with E-state index in [4.69, 9.17) is 5.14 Å². The van der Waals surface area contributed by atoms with Crippen LogP contribution in [0, 0.1) is 5.92 Å². The number of aromatic nitrogens is 2. The normalized spacial score (nSPS) is 18.1. The molecule has 1 aliphatic rings. The lowest BCUT2D eigenvalue weighted by Crippen LogP contribution is -2.31. The number of nitrogens with zero attached hydrogens (tertiary/aromatic N) is 3. The van der Waals surface area contributed by atoms with Gasteiger partial charge in [-0.15, -0.1) is 0 Å². The largest absolute Gasteiger partial charge is 0.338 e. The summed E-state index contributed by atoms with van der Waals surface area (Å²) in [5.41, 5.74) is 2.04. The summed E-state index contributed by atoms with van der Waals surface area (Å²) < 4.78 is 24.1. The Morgan fingerprint density at radius 2 is 2.04 bits per heavy atom. The highest BCUT2D eigenvalue weighted by Crippen LogP contribution is 2.26. The fraction of sp³-hybridized carbons (Fsp3) is 0.375. The number of nitrogens with two attached hydrogens (primary N) is 1. The van der Waals surface area contributed by atoms with Gasteiger partial charge in [0, 0.05) is 31.9 Å². The van der Waals surface area contributed by atoms with Crippen LogP contribution in [0.3, 0.4) is 0 Å². The second kappa shape index (κ2) is 6.37. The Balaban J connectivity index is 1.82. The number of primary sulfonamides is 1. The first kappa shape index (κ1) is 16.7. The van der Waals surface area contributed by atoms with Crippen LogP contribution in [-0.4, -0.2) is 47.8 Å². The van der Waals surface area contributed by atoms with E-state index in [0.717, 1.165) is 5.56 Å². The number of likely N-dealkylation sites (tertiary alicyclic amines) is 1. The summed E-state index contributed by atoms with van der Waals surface area (Å²) in [6.45, 7) is 0.931. The first-order chi connectivity index (χ1) is 11.3. The third kappa shape index (κ3) is 3.65. The van der Waals surface area contributed by atoms with Gasteiger partial charge in [0.1, 0.15) is 5.69 Å². The van der Waals surface area contributed by atoms with Crippen LogP contribution in [0.5, 0.6) is 0 Å². The second-order valence-corrected chi connectivity index (χ2v) is 7.83. The molecule has 3 rings (SSSR count). The molecule has 2 heterocycles. The van der Waals surface area contributed by atoms with Crippen molar-refractivity contribution in [2.75, 3.05) is 18.8 Å². The SMILES string of the molecule is Cn1cc(C(=O)N2CCC(CS(N)(=O)=O)C2)c(-c2ccccc2)n1. The molecule has 0 radical (unpaired) electrons. The van der Waals surface area contributed by atoms with Gasteiger partial charge in [-0.3, -0.25) is 9.48 Å². The van der Waals surface area contributed by atoms with Crippen LogP contribution in [0.25, 0.3) is 11.3 Å². The maximum atomic E-state index is 12.9. The van der Waals surface area contributed by atoms with E-state index < -0.39 is 10.0 Å².